The standard InChI is InChI=1S/C12H13N3OS/c1-8-7-9(3-4-10(8)13-2)11(16)15-12-14-5-6-17-12/h3-7,13H,1-2H3,(H,14,15,16). The molecule has 0 fully saturated rings. The maximum absolute atomic E-state index is 11.9. The van der Waals surface area contributed by atoms with Crippen LogP contribution in [0.5, 0.6) is 0 Å². The Balaban J connectivity index is 2.17. The van der Waals surface area contributed by atoms with E-state index in [9.17, 15) is 4.79 Å². The molecule has 0 aliphatic carbocycles. The molecule has 0 atom stereocenters. The molecule has 0 unspecified atom stereocenters. The lowest BCUT2D eigenvalue weighted by Crippen LogP contribution is -2.12. The Morgan fingerprint density at radius 3 is 2.82 bits per heavy atom. The van der Waals surface area contributed by atoms with Crippen LogP contribution in [-0.4, -0.2) is 17.9 Å². The molecule has 0 aliphatic rings. The van der Waals surface area contributed by atoms with Crippen LogP contribution in [0, 0.1) is 6.92 Å². The SMILES string of the molecule is CNc1ccc(C(=O)Nc2nccs2)cc1C. The van der Waals surface area contributed by atoms with Crippen molar-refractivity contribution in [3.8, 4) is 0 Å². The average molecular weight is 247 g/mol. The molecule has 0 bridgehead atoms. The van der Waals surface area contributed by atoms with Crippen LogP contribution in [0.3, 0.4) is 0 Å². The molecule has 2 rings (SSSR count). The van der Waals surface area contributed by atoms with Gasteiger partial charge in [0.05, 0.1) is 0 Å². The predicted molar refractivity (Wildman–Crippen MR) is 70.8 cm³/mol. The van der Waals surface area contributed by atoms with Crippen molar-refractivity contribution < 1.29 is 4.79 Å². The lowest BCUT2D eigenvalue weighted by molar-refractivity contribution is 0.102. The number of nitrogens with one attached hydrogen (secondary N) is 2. The molecule has 2 aromatic rings. The first-order valence-electron chi connectivity index (χ1n) is 5.20. The van der Waals surface area contributed by atoms with Gasteiger partial charge in [-0.1, -0.05) is 0 Å². The summed E-state index contributed by atoms with van der Waals surface area (Å²) in [6.45, 7) is 1.96. The molecule has 1 amide bonds. The van der Waals surface area contributed by atoms with E-state index >= 15 is 0 Å². The Hall–Kier alpha value is -1.88. The molecule has 17 heavy (non-hydrogen) atoms. The number of anilines is 2. The van der Waals surface area contributed by atoms with E-state index in [0.717, 1.165) is 11.3 Å². The fraction of sp³-hybridized carbons (Fsp3) is 0.167. The molecule has 0 saturated heterocycles. The largest absolute Gasteiger partial charge is 0.388 e. The molecule has 0 aliphatic heterocycles. The molecule has 0 radical (unpaired) electrons. The highest BCUT2D eigenvalue weighted by Gasteiger charge is 2.08. The molecule has 5 heteroatoms. The lowest BCUT2D eigenvalue weighted by Gasteiger charge is -2.07. The van der Waals surface area contributed by atoms with Gasteiger partial charge in [0.25, 0.3) is 5.91 Å². The third kappa shape index (κ3) is 2.62. The van der Waals surface area contributed by atoms with Gasteiger partial charge in [-0.3, -0.25) is 10.1 Å². The number of carbonyl (C=O) groups excluding carboxylic acids is 1. The maximum Gasteiger partial charge on any atom is 0.257 e. The Kier molecular flexibility index (Phi) is 3.39. The van der Waals surface area contributed by atoms with Crippen molar-refractivity contribution in [2.75, 3.05) is 17.7 Å². The smallest absolute Gasteiger partial charge is 0.257 e. The first kappa shape index (κ1) is 11.6. The first-order valence-corrected chi connectivity index (χ1v) is 6.08. The number of amides is 1. The molecular weight excluding hydrogens is 234 g/mol. The minimum atomic E-state index is -0.134. The van der Waals surface area contributed by atoms with Gasteiger partial charge in [-0.2, -0.15) is 0 Å². The summed E-state index contributed by atoms with van der Waals surface area (Å²) in [7, 11) is 1.86. The topological polar surface area (TPSA) is 54.0 Å². The van der Waals surface area contributed by atoms with E-state index in [1.165, 1.54) is 11.3 Å². The van der Waals surface area contributed by atoms with E-state index in [1.54, 1.807) is 12.3 Å². The van der Waals surface area contributed by atoms with Crippen LogP contribution in [0.25, 0.3) is 0 Å². The van der Waals surface area contributed by atoms with E-state index in [4.69, 9.17) is 0 Å². The summed E-state index contributed by atoms with van der Waals surface area (Å²) >= 11 is 1.40. The summed E-state index contributed by atoms with van der Waals surface area (Å²) in [5.41, 5.74) is 2.70. The van der Waals surface area contributed by atoms with E-state index < -0.39 is 0 Å². The summed E-state index contributed by atoms with van der Waals surface area (Å²) in [5, 5.41) is 8.26. The Labute approximate surface area is 104 Å². The van der Waals surface area contributed by atoms with Crippen LogP contribution in [0.4, 0.5) is 10.8 Å². The van der Waals surface area contributed by atoms with Crippen molar-refractivity contribution in [3.05, 3.63) is 40.9 Å². The zero-order valence-corrected chi connectivity index (χ0v) is 10.5. The van der Waals surface area contributed by atoms with Crippen molar-refractivity contribution in [1.29, 1.82) is 0 Å². The molecule has 4 nitrogen and oxygen atoms in total. The second kappa shape index (κ2) is 4.97. The van der Waals surface area contributed by atoms with Crippen LogP contribution < -0.4 is 10.6 Å². The third-order valence-electron chi connectivity index (χ3n) is 2.41. The van der Waals surface area contributed by atoms with Gasteiger partial charge in [-0.15, -0.1) is 11.3 Å². The fourth-order valence-corrected chi connectivity index (χ4v) is 2.06. The Morgan fingerprint density at radius 2 is 2.24 bits per heavy atom. The highest BCUT2D eigenvalue weighted by molar-refractivity contribution is 7.13. The molecule has 88 valence electrons. The number of nitrogens with zero attached hydrogens (tertiary/aromatic N) is 1. The Morgan fingerprint density at radius 1 is 1.41 bits per heavy atom. The van der Waals surface area contributed by atoms with Crippen LogP contribution in [0.15, 0.2) is 29.8 Å². The fourth-order valence-electron chi connectivity index (χ4n) is 1.54. The first-order chi connectivity index (χ1) is 8.20. The van der Waals surface area contributed by atoms with Crippen LogP contribution in [0.1, 0.15) is 15.9 Å². The maximum atomic E-state index is 11.9. The number of carbonyl (C=O) groups is 1. The normalized spacial score (nSPS) is 10.0. The van der Waals surface area contributed by atoms with Crippen LogP contribution in [0.2, 0.25) is 0 Å². The minimum absolute atomic E-state index is 0.134. The number of aromatic nitrogens is 1. The van der Waals surface area contributed by atoms with Crippen molar-refractivity contribution in [3.63, 3.8) is 0 Å². The summed E-state index contributed by atoms with van der Waals surface area (Å²) in [4.78, 5) is 15.9. The van der Waals surface area contributed by atoms with Crippen LogP contribution in [-0.2, 0) is 0 Å². The summed E-state index contributed by atoms with van der Waals surface area (Å²) in [5.74, 6) is -0.134. The van der Waals surface area contributed by atoms with Gasteiger partial charge in [0.15, 0.2) is 5.13 Å². The quantitative estimate of drug-likeness (QED) is 0.876. The molecule has 0 saturated carbocycles. The zero-order chi connectivity index (χ0) is 12.3. The van der Waals surface area contributed by atoms with Crippen molar-refractivity contribution >= 4 is 28.1 Å². The van der Waals surface area contributed by atoms with E-state index in [-0.39, 0.29) is 5.91 Å². The second-order valence-corrected chi connectivity index (χ2v) is 4.47. The number of thiazole rings is 1. The van der Waals surface area contributed by atoms with Gasteiger partial charge < -0.3 is 5.32 Å². The number of hydrogen-bond donors (Lipinski definition) is 2. The summed E-state index contributed by atoms with van der Waals surface area (Å²) < 4.78 is 0. The second-order valence-electron chi connectivity index (χ2n) is 3.57. The number of aryl methyl sites for hydroxylation is 1. The number of benzene rings is 1. The average Bonchev–Trinajstić information content (AvgIpc) is 2.81. The van der Waals surface area contributed by atoms with Gasteiger partial charge >= 0.3 is 0 Å². The zero-order valence-electron chi connectivity index (χ0n) is 9.65. The molecule has 1 aromatic carbocycles. The molecule has 0 spiro atoms. The van der Waals surface area contributed by atoms with E-state index in [2.05, 4.69) is 15.6 Å². The summed E-state index contributed by atoms with van der Waals surface area (Å²) in [6.07, 6.45) is 1.66. The monoisotopic (exact) mass is 247 g/mol. The molecular formula is C12H13N3OS. The van der Waals surface area contributed by atoms with Gasteiger partial charge in [-0.05, 0) is 30.7 Å². The van der Waals surface area contributed by atoms with Gasteiger partial charge in [0.2, 0.25) is 0 Å². The molecule has 1 heterocycles. The lowest BCUT2D eigenvalue weighted by atomic mass is 10.1. The number of rotatable bonds is 3. The highest BCUT2D eigenvalue weighted by atomic mass is 32.1. The third-order valence-corrected chi connectivity index (χ3v) is 3.10. The minimum Gasteiger partial charge on any atom is -0.388 e. The van der Waals surface area contributed by atoms with Gasteiger partial charge in [0.1, 0.15) is 0 Å². The van der Waals surface area contributed by atoms with Crippen molar-refractivity contribution in [1.82, 2.24) is 4.98 Å². The molecule has 2 N–H and O–H groups in total. The van der Waals surface area contributed by atoms with Crippen molar-refractivity contribution in [2.24, 2.45) is 0 Å². The van der Waals surface area contributed by atoms with Gasteiger partial charge in [0, 0.05) is 29.9 Å². The van der Waals surface area contributed by atoms with Crippen molar-refractivity contribution in [2.45, 2.75) is 6.92 Å². The van der Waals surface area contributed by atoms with E-state index in [1.807, 2.05) is 31.5 Å². The Bertz CT molecular complexity index is 523. The van der Waals surface area contributed by atoms with E-state index in [0.29, 0.717) is 10.7 Å². The number of hydrogen-bond acceptors (Lipinski definition) is 4. The highest BCUT2D eigenvalue weighted by Crippen LogP contribution is 2.17. The van der Waals surface area contributed by atoms with Crippen LogP contribution >= 0.6 is 11.3 Å². The predicted octanol–water partition coefficient (Wildman–Crippen LogP) is 2.75. The van der Waals surface area contributed by atoms with Gasteiger partial charge in [-0.25, -0.2) is 4.98 Å². The summed E-state index contributed by atoms with van der Waals surface area (Å²) in [6, 6.07) is 5.54. The molecule has 1 aromatic heterocycles.